The number of anilines is 2. The first-order valence-electron chi connectivity index (χ1n) is 8.43. The highest BCUT2D eigenvalue weighted by atomic mass is 35.5. The number of aromatic nitrogens is 5. The van der Waals surface area contributed by atoms with E-state index < -0.39 is 0 Å². The van der Waals surface area contributed by atoms with E-state index in [1.54, 1.807) is 34.7 Å². The lowest BCUT2D eigenvalue weighted by Crippen LogP contribution is -2.30. The van der Waals surface area contributed by atoms with Crippen molar-refractivity contribution in [1.29, 1.82) is 0 Å². The van der Waals surface area contributed by atoms with Crippen LogP contribution in [0.1, 0.15) is 16.9 Å². The second-order valence-electron chi connectivity index (χ2n) is 6.17. The van der Waals surface area contributed by atoms with Gasteiger partial charge < -0.3 is 15.5 Å². The summed E-state index contributed by atoms with van der Waals surface area (Å²) in [6.45, 7) is 3.59. The third kappa shape index (κ3) is 3.23. The number of hydrogen-bond donors (Lipinski definition) is 2. The van der Waals surface area contributed by atoms with Crippen LogP contribution in [-0.4, -0.2) is 56.5 Å². The maximum absolute atomic E-state index is 12.7. The van der Waals surface area contributed by atoms with E-state index in [0.29, 0.717) is 17.3 Å². The molecule has 0 saturated carbocycles. The Labute approximate surface area is 154 Å². The Bertz CT molecular complexity index is 941. The van der Waals surface area contributed by atoms with Crippen LogP contribution in [0.5, 0.6) is 0 Å². The van der Waals surface area contributed by atoms with Crippen LogP contribution in [0.3, 0.4) is 0 Å². The molecule has 3 aromatic heterocycles. The van der Waals surface area contributed by atoms with Gasteiger partial charge in [0.2, 0.25) is 5.95 Å². The summed E-state index contributed by atoms with van der Waals surface area (Å²) in [4.78, 5) is 19.3. The lowest BCUT2D eigenvalue weighted by atomic mass is 10.4. The maximum atomic E-state index is 12.7. The summed E-state index contributed by atoms with van der Waals surface area (Å²) in [7, 11) is 1.74. The molecule has 3 aromatic rings. The summed E-state index contributed by atoms with van der Waals surface area (Å²) in [6, 6.07) is 3.53. The zero-order chi connectivity index (χ0) is 18.1. The topological polar surface area (TPSA) is 92.4 Å². The van der Waals surface area contributed by atoms with Crippen molar-refractivity contribution in [3.8, 4) is 0 Å². The third-order valence-corrected chi connectivity index (χ3v) is 4.55. The molecular formula is C16H19ClN8O. The number of fused-ring (bicyclic) bond motifs is 1. The van der Waals surface area contributed by atoms with E-state index >= 15 is 0 Å². The number of carbonyl (C=O) groups is 1. The Kier molecular flexibility index (Phi) is 4.48. The van der Waals surface area contributed by atoms with Gasteiger partial charge >= 0.3 is 0 Å². The van der Waals surface area contributed by atoms with E-state index in [-0.39, 0.29) is 11.1 Å². The SMILES string of the molecule is Cn1cc(NC(=O)c2ccc3cnc(N4CCCNCC4)nn23)c(Cl)n1. The van der Waals surface area contributed by atoms with Crippen LogP contribution >= 0.6 is 11.6 Å². The molecule has 9 nitrogen and oxygen atoms in total. The van der Waals surface area contributed by atoms with E-state index in [0.717, 1.165) is 38.1 Å². The lowest BCUT2D eigenvalue weighted by Gasteiger charge is -2.19. The highest BCUT2D eigenvalue weighted by Gasteiger charge is 2.18. The molecule has 0 aromatic carbocycles. The van der Waals surface area contributed by atoms with Gasteiger partial charge in [-0.05, 0) is 25.1 Å². The largest absolute Gasteiger partial charge is 0.338 e. The predicted molar refractivity (Wildman–Crippen MR) is 98.9 cm³/mol. The van der Waals surface area contributed by atoms with Crippen LogP contribution in [0.15, 0.2) is 24.5 Å². The van der Waals surface area contributed by atoms with Crippen molar-refractivity contribution in [3.05, 3.63) is 35.4 Å². The van der Waals surface area contributed by atoms with E-state index in [2.05, 4.69) is 30.7 Å². The summed E-state index contributed by atoms with van der Waals surface area (Å²) in [5.41, 5.74) is 1.63. The molecule has 1 amide bonds. The van der Waals surface area contributed by atoms with Crippen molar-refractivity contribution in [2.75, 3.05) is 36.4 Å². The monoisotopic (exact) mass is 374 g/mol. The number of hydrogen-bond acceptors (Lipinski definition) is 6. The van der Waals surface area contributed by atoms with Crippen molar-refractivity contribution in [1.82, 2.24) is 29.7 Å². The molecule has 0 spiro atoms. The molecule has 1 saturated heterocycles. The molecule has 1 fully saturated rings. The van der Waals surface area contributed by atoms with Gasteiger partial charge in [-0.3, -0.25) is 9.48 Å². The molecule has 0 unspecified atom stereocenters. The quantitative estimate of drug-likeness (QED) is 0.715. The summed E-state index contributed by atoms with van der Waals surface area (Å²) in [6.07, 6.45) is 4.41. The molecule has 1 aliphatic rings. The first kappa shape index (κ1) is 16.8. The maximum Gasteiger partial charge on any atom is 0.274 e. The second kappa shape index (κ2) is 6.93. The van der Waals surface area contributed by atoms with Crippen LogP contribution in [-0.2, 0) is 7.05 Å². The van der Waals surface area contributed by atoms with E-state index in [1.807, 2.05) is 6.07 Å². The number of nitrogens with one attached hydrogen (secondary N) is 2. The fraction of sp³-hybridized carbons (Fsp3) is 0.375. The average Bonchev–Trinajstić information content (AvgIpc) is 3.05. The third-order valence-electron chi connectivity index (χ3n) is 4.27. The molecule has 136 valence electrons. The summed E-state index contributed by atoms with van der Waals surface area (Å²) < 4.78 is 3.15. The molecular weight excluding hydrogens is 356 g/mol. The highest BCUT2D eigenvalue weighted by molar-refractivity contribution is 6.32. The minimum absolute atomic E-state index is 0.245. The number of amides is 1. The molecule has 10 heteroatoms. The number of aryl methyl sites for hydroxylation is 1. The van der Waals surface area contributed by atoms with Gasteiger partial charge in [0.25, 0.3) is 5.91 Å². The van der Waals surface area contributed by atoms with Gasteiger partial charge in [-0.25, -0.2) is 9.50 Å². The number of carbonyl (C=O) groups excluding carboxylic acids is 1. The fourth-order valence-electron chi connectivity index (χ4n) is 2.99. The molecule has 0 radical (unpaired) electrons. The van der Waals surface area contributed by atoms with Crippen molar-refractivity contribution in [2.24, 2.45) is 7.05 Å². The normalized spacial score (nSPS) is 15.2. The van der Waals surface area contributed by atoms with Gasteiger partial charge in [-0.1, -0.05) is 11.6 Å². The number of rotatable bonds is 3. The zero-order valence-corrected chi connectivity index (χ0v) is 15.1. The summed E-state index contributed by atoms with van der Waals surface area (Å²) in [5, 5.41) is 15.0. The molecule has 2 N–H and O–H groups in total. The molecule has 4 rings (SSSR count). The first-order chi connectivity index (χ1) is 12.6. The van der Waals surface area contributed by atoms with Crippen LogP contribution in [0.4, 0.5) is 11.6 Å². The molecule has 4 heterocycles. The zero-order valence-electron chi connectivity index (χ0n) is 14.3. The van der Waals surface area contributed by atoms with Gasteiger partial charge in [0.15, 0.2) is 5.15 Å². The van der Waals surface area contributed by atoms with Gasteiger partial charge in [0, 0.05) is 32.9 Å². The summed E-state index contributed by atoms with van der Waals surface area (Å²) in [5.74, 6) is 0.313. The van der Waals surface area contributed by atoms with E-state index in [1.165, 1.54) is 0 Å². The fourth-order valence-corrected chi connectivity index (χ4v) is 3.20. The van der Waals surface area contributed by atoms with Crippen LogP contribution in [0, 0.1) is 0 Å². The van der Waals surface area contributed by atoms with E-state index in [9.17, 15) is 4.79 Å². The Morgan fingerprint density at radius 1 is 1.27 bits per heavy atom. The van der Waals surface area contributed by atoms with Crippen molar-refractivity contribution in [3.63, 3.8) is 0 Å². The molecule has 0 aliphatic carbocycles. The van der Waals surface area contributed by atoms with Crippen LogP contribution in [0.25, 0.3) is 5.52 Å². The number of nitrogens with zero attached hydrogens (tertiary/aromatic N) is 6. The van der Waals surface area contributed by atoms with E-state index in [4.69, 9.17) is 11.6 Å². The number of halogens is 1. The first-order valence-corrected chi connectivity index (χ1v) is 8.80. The van der Waals surface area contributed by atoms with Crippen molar-refractivity contribution < 1.29 is 4.79 Å². The summed E-state index contributed by atoms with van der Waals surface area (Å²) >= 11 is 6.02. The Morgan fingerprint density at radius 2 is 2.15 bits per heavy atom. The van der Waals surface area contributed by atoms with Crippen LogP contribution < -0.4 is 15.5 Å². The Balaban J connectivity index is 1.63. The molecule has 0 bridgehead atoms. The Hall–Kier alpha value is -2.65. The minimum atomic E-state index is -0.304. The van der Waals surface area contributed by atoms with Gasteiger partial charge in [0.05, 0.1) is 17.4 Å². The average molecular weight is 375 g/mol. The lowest BCUT2D eigenvalue weighted by molar-refractivity contribution is 0.102. The van der Waals surface area contributed by atoms with Gasteiger partial charge in [-0.15, -0.1) is 5.10 Å². The van der Waals surface area contributed by atoms with Crippen LogP contribution in [0.2, 0.25) is 5.15 Å². The molecule has 0 atom stereocenters. The van der Waals surface area contributed by atoms with Crippen molar-refractivity contribution in [2.45, 2.75) is 6.42 Å². The smallest absolute Gasteiger partial charge is 0.274 e. The standard InChI is InChI=1S/C16H19ClN8O/c1-23-10-12(14(17)21-23)20-15(26)13-4-3-11-9-19-16(22-25(11)13)24-7-2-5-18-6-8-24/h3-4,9-10,18H,2,5-8H2,1H3,(H,20,26). The Morgan fingerprint density at radius 3 is 2.96 bits per heavy atom. The molecule has 1 aliphatic heterocycles. The molecule has 26 heavy (non-hydrogen) atoms. The van der Waals surface area contributed by atoms with Gasteiger partial charge in [-0.2, -0.15) is 5.10 Å². The van der Waals surface area contributed by atoms with Gasteiger partial charge in [0.1, 0.15) is 5.69 Å². The highest BCUT2D eigenvalue weighted by Crippen LogP contribution is 2.20. The minimum Gasteiger partial charge on any atom is -0.338 e. The second-order valence-corrected chi connectivity index (χ2v) is 6.52. The van der Waals surface area contributed by atoms with Crippen molar-refractivity contribution >= 4 is 34.7 Å². The predicted octanol–water partition coefficient (Wildman–Crippen LogP) is 1.17.